The van der Waals surface area contributed by atoms with Gasteiger partial charge in [0.25, 0.3) is 0 Å². The molecule has 0 saturated carbocycles. The second kappa shape index (κ2) is 6.48. The Morgan fingerprint density at radius 2 is 2.10 bits per heavy atom. The van der Waals surface area contributed by atoms with Crippen molar-refractivity contribution >= 4 is 0 Å². The molecule has 106 valence electrons. The molecule has 0 saturated heterocycles. The minimum Gasteiger partial charge on any atom is -0.494 e. The first-order chi connectivity index (χ1) is 9.60. The van der Waals surface area contributed by atoms with E-state index in [1.807, 2.05) is 32.2 Å². The Bertz CT molecular complexity index is 569. The maximum Gasteiger partial charge on any atom is 0.165 e. The lowest BCUT2D eigenvalue weighted by Crippen LogP contribution is -2.18. The van der Waals surface area contributed by atoms with Gasteiger partial charge in [-0.25, -0.2) is 4.39 Å². The molecule has 1 N–H and O–H groups in total. The van der Waals surface area contributed by atoms with Gasteiger partial charge in [-0.15, -0.1) is 0 Å². The number of pyridine rings is 1. The normalized spacial score (nSPS) is 12.2. The van der Waals surface area contributed by atoms with E-state index < -0.39 is 0 Å². The van der Waals surface area contributed by atoms with Gasteiger partial charge in [-0.05, 0) is 43.2 Å². The van der Waals surface area contributed by atoms with E-state index in [0.29, 0.717) is 6.54 Å². The lowest BCUT2D eigenvalue weighted by Gasteiger charge is -2.15. The highest BCUT2D eigenvalue weighted by Crippen LogP contribution is 2.22. The van der Waals surface area contributed by atoms with Crippen molar-refractivity contribution in [1.29, 1.82) is 0 Å². The largest absolute Gasteiger partial charge is 0.494 e. The number of nitrogens with one attached hydrogen (secondary N) is 1. The molecule has 0 fully saturated rings. The molecule has 0 aliphatic carbocycles. The van der Waals surface area contributed by atoms with Gasteiger partial charge in [0.2, 0.25) is 0 Å². The van der Waals surface area contributed by atoms with Crippen molar-refractivity contribution in [1.82, 2.24) is 10.3 Å². The molecule has 0 bridgehead atoms. The van der Waals surface area contributed by atoms with E-state index in [1.165, 1.54) is 13.2 Å². The smallest absolute Gasteiger partial charge is 0.165 e. The van der Waals surface area contributed by atoms with Crippen LogP contribution in [0.25, 0.3) is 0 Å². The third-order valence-electron chi connectivity index (χ3n) is 3.26. The second-order valence-corrected chi connectivity index (χ2v) is 4.80. The molecule has 2 rings (SSSR count). The van der Waals surface area contributed by atoms with Crippen LogP contribution >= 0.6 is 0 Å². The predicted molar refractivity (Wildman–Crippen MR) is 77.2 cm³/mol. The van der Waals surface area contributed by atoms with E-state index in [-0.39, 0.29) is 17.6 Å². The summed E-state index contributed by atoms with van der Waals surface area (Å²) in [5.74, 6) is -0.0701. The van der Waals surface area contributed by atoms with Crippen LogP contribution in [0.1, 0.15) is 29.8 Å². The molecule has 0 spiro atoms. The average molecular weight is 274 g/mol. The molecular formula is C16H19FN2O. The highest BCUT2D eigenvalue weighted by Gasteiger charge is 2.09. The van der Waals surface area contributed by atoms with Crippen LogP contribution in [0, 0.1) is 12.7 Å². The van der Waals surface area contributed by atoms with Crippen molar-refractivity contribution in [3.63, 3.8) is 0 Å². The molecule has 2 aromatic rings. The number of methoxy groups -OCH3 is 1. The summed E-state index contributed by atoms with van der Waals surface area (Å²) in [6.07, 6.45) is 1.86. The molecule has 0 aliphatic heterocycles. The third-order valence-corrected chi connectivity index (χ3v) is 3.26. The van der Waals surface area contributed by atoms with Gasteiger partial charge >= 0.3 is 0 Å². The number of nitrogens with zero attached hydrogens (tertiary/aromatic N) is 1. The number of aryl methyl sites for hydroxylation is 1. The number of benzene rings is 1. The maximum atomic E-state index is 13.4. The van der Waals surface area contributed by atoms with Gasteiger partial charge < -0.3 is 10.1 Å². The fourth-order valence-corrected chi connectivity index (χ4v) is 1.94. The van der Waals surface area contributed by atoms with Gasteiger partial charge in [-0.2, -0.15) is 0 Å². The Morgan fingerprint density at radius 3 is 2.75 bits per heavy atom. The Hall–Kier alpha value is -1.94. The molecule has 1 heterocycles. The lowest BCUT2D eigenvalue weighted by molar-refractivity contribution is 0.385. The van der Waals surface area contributed by atoms with Crippen molar-refractivity contribution in [2.45, 2.75) is 26.4 Å². The van der Waals surface area contributed by atoms with E-state index in [1.54, 1.807) is 12.1 Å². The quantitative estimate of drug-likeness (QED) is 0.907. The number of hydrogen-bond donors (Lipinski definition) is 1. The molecular weight excluding hydrogens is 255 g/mol. The molecule has 4 heteroatoms. The SMILES string of the molecule is COc1cc(C(C)NCc2ccc(C)nc2)ccc1F. The van der Waals surface area contributed by atoms with Crippen LogP contribution < -0.4 is 10.1 Å². The second-order valence-electron chi connectivity index (χ2n) is 4.80. The van der Waals surface area contributed by atoms with Gasteiger partial charge in [0, 0.05) is 24.5 Å². The number of aromatic nitrogens is 1. The molecule has 1 aromatic carbocycles. The van der Waals surface area contributed by atoms with Crippen LogP contribution in [0.15, 0.2) is 36.5 Å². The Morgan fingerprint density at radius 1 is 1.30 bits per heavy atom. The zero-order valence-corrected chi connectivity index (χ0v) is 12.0. The maximum absolute atomic E-state index is 13.4. The predicted octanol–water partition coefficient (Wildman–Crippen LogP) is 3.39. The van der Waals surface area contributed by atoms with E-state index >= 15 is 0 Å². The fourth-order valence-electron chi connectivity index (χ4n) is 1.94. The summed E-state index contributed by atoms with van der Waals surface area (Å²) in [5, 5.41) is 3.39. The van der Waals surface area contributed by atoms with Crippen molar-refractivity contribution in [2.75, 3.05) is 7.11 Å². The summed E-state index contributed by atoms with van der Waals surface area (Å²) in [5.41, 5.74) is 3.12. The summed E-state index contributed by atoms with van der Waals surface area (Å²) < 4.78 is 18.4. The van der Waals surface area contributed by atoms with Gasteiger partial charge in [0.15, 0.2) is 11.6 Å². The minimum atomic E-state index is -0.341. The van der Waals surface area contributed by atoms with Crippen molar-refractivity contribution < 1.29 is 9.13 Å². The first-order valence-corrected chi connectivity index (χ1v) is 6.58. The molecule has 0 aliphatic rings. The monoisotopic (exact) mass is 274 g/mol. The van der Waals surface area contributed by atoms with Crippen LogP contribution in [-0.2, 0) is 6.54 Å². The number of rotatable bonds is 5. The lowest BCUT2D eigenvalue weighted by atomic mass is 10.1. The Labute approximate surface area is 118 Å². The van der Waals surface area contributed by atoms with E-state index in [0.717, 1.165) is 16.8 Å². The van der Waals surface area contributed by atoms with Crippen molar-refractivity contribution in [3.8, 4) is 5.75 Å². The third kappa shape index (κ3) is 3.54. The summed E-state index contributed by atoms with van der Waals surface area (Å²) in [7, 11) is 1.47. The van der Waals surface area contributed by atoms with E-state index in [2.05, 4.69) is 10.3 Å². The zero-order valence-electron chi connectivity index (χ0n) is 12.0. The van der Waals surface area contributed by atoms with Crippen LogP contribution in [-0.4, -0.2) is 12.1 Å². The summed E-state index contributed by atoms with van der Waals surface area (Å²) in [4.78, 5) is 4.26. The fraction of sp³-hybridized carbons (Fsp3) is 0.312. The van der Waals surface area contributed by atoms with Crippen LogP contribution in [0.2, 0.25) is 0 Å². The van der Waals surface area contributed by atoms with E-state index in [4.69, 9.17) is 4.74 Å². The van der Waals surface area contributed by atoms with Crippen LogP contribution in [0.5, 0.6) is 5.75 Å². The standard InChI is InChI=1S/C16H19FN2O/c1-11-4-5-13(9-18-11)10-19-12(2)14-6-7-15(17)16(8-14)20-3/h4-9,12,19H,10H2,1-3H3. The Kier molecular flexibility index (Phi) is 4.69. The molecule has 1 unspecified atom stereocenters. The van der Waals surface area contributed by atoms with Gasteiger partial charge in [-0.1, -0.05) is 12.1 Å². The highest BCUT2D eigenvalue weighted by atomic mass is 19.1. The van der Waals surface area contributed by atoms with Crippen LogP contribution in [0.3, 0.4) is 0 Å². The highest BCUT2D eigenvalue weighted by molar-refractivity contribution is 5.32. The van der Waals surface area contributed by atoms with Crippen LogP contribution in [0.4, 0.5) is 4.39 Å². The summed E-state index contributed by atoms with van der Waals surface area (Å²) in [6.45, 7) is 4.72. The Balaban J connectivity index is 2.01. The number of halogens is 1. The molecule has 20 heavy (non-hydrogen) atoms. The summed E-state index contributed by atoms with van der Waals surface area (Å²) >= 11 is 0. The molecule has 1 aromatic heterocycles. The number of ether oxygens (including phenoxy) is 1. The molecule has 3 nitrogen and oxygen atoms in total. The van der Waals surface area contributed by atoms with Crippen molar-refractivity contribution in [2.24, 2.45) is 0 Å². The van der Waals surface area contributed by atoms with E-state index in [9.17, 15) is 4.39 Å². The number of hydrogen-bond acceptors (Lipinski definition) is 3. The average Bonchev–Trinajstić information content (AvgIpc) is 2.47. The molecule has 0 amide bonds. The first kappa shape index (κ1) is 14.5. The van der Waals surface area contributed by atoms with Crippen molar-refractivity contribution in [3.05, 3.63) is 59.2 Å². The molecule has 1 atom stereocenters. The van der Waals surface area contributed by atoms with Gasteiger partial charge in [-0.3, -0.25) is 4.98 Å². The first-order valence-electron chi connectivity index (χ1n) is 6.58. The zero-order chi connectivity index (χ0) is 14.5. The topological polar surface area (TPSA) is 34.1 Å². The van der Waals surface area contributed by atoms with Gasteiger partial charge in [0.1, 0.15) is 0 Å². The summed E-state index contributed by atoms with van der Waals surface area (Å²) in [6, 6.07) is 9.06. The van der Waals surface area contributed by atoms with Gasteiger partial charge in [0.05, 0.1) is 7.11 Å². The molecule has 0 radical (unpaired) electrons. The minimum absolute atomic E-state index is 0.103.